The number of halogens is 1. The Hall–Kier alpha value is -1.25. The summed E-state index contributed by atoms with van der Waals surface area (Å²) in [5, 5.41) is 13.3. The summed E-state index contributed by atoms with van der Waals surface area (Å²) in [5.74, 6) is -1.43. The summed E-state index contributed by atoms with van der Waals surface area (Å²) in [7, 11) is 1.46. The topological polar surface area (TPSA) is 70.5 Å². The number of hydrogen-bond donors (Lipinski definition) is 1. The number of carbonyl (C=O) groups is 2. The predicted octanol–water partition coefficient (Wildman–Crippen LogP) is 3.18. The number of rotatable bonds is 4. The van der Waals surface area contributed by atoms with E-state index in [2.05, 4.69) is 20.9 Å². The Labute approximate surface area is 132 Å². The number of carboxylic acids is 1. The minimum absolute atomic E-state index is 0.269. The van der Waals surface area contributed by atoms with E-state index < -0.39 is 17.9 Å². The molecule has 1 atom stereocenters. The largest absolute Gasteiger partial charge is 0.480 e. The van der Waals surface area contributed by atoms with Gasteiger partial charge in [0.2, 0.25) is 0 Å². The second-order valence-corrected chi connectivity index (χ2v) is 6.78. The van der Waals surface area contributed by atoms with Gasteiger partial charge >= 0.3 is 5.97 Å². The van der Waals surface area contributed by atoms with E-state index in [1.165, 1.54) is 41.5 Å². The molecule has 1 amide bonds. The fourth-order valence-electron chi connectivity index (χ4n) is 1.43. The lowest BCUT2D eigenvalue weighted by molar-refractivity contribution is -0.141. The molecule has 0 aliphatic heterocycles. The lowest BCUT2D eigenvalue weighted by atomic mass is 10.3. The highest BCUT2D eigenvalue weighted by Gasteiger charge is 2.24. The van der Waals surface area contributed by atoms with Gasteiger partial charge in [-0.3, -0.25) is 4.79 Å². The highest BCUT2D eigenvalue weighted by molar-refractivity contribution is 9.10. The van der Waals surface area contributed by atoms with Gasteiger partial charge in [0.05, 0.1) is 4.88 Å². The summed E-state index contributed by atoms with van der Waals surface area (Å²) in [6, 6.07) is 1.05. The van der Waals surface area contributed by atoms with Crippen molar-refractivity contribution in [3.63, 3.8) is 0 Å². The van der Waals surface area contributed by atoms with Crippen LogP contribution in [-0.4, -0.2) is 40.0 Å². The first-order valence-corrected chi connectivity index (χ1v) is 8.15. The van der Waals surface area contributed by atoms with Gasteiger partial charge in [0, 0.05) is 22.3 Å². The van der Waals surface area contributed by atoms with Crippen molar-refractivity contribution >= 4 is 50.5 Å². The van der Waals surface area contributed by atoms with E-state index in [0.717, 1.165) is 14.4 Å². The fraction of sp³-hybridized carbons (Fsp3) is 0.250. The van der Waals surface area contributed by atoms with E-state index in [4.69, 9.17) is 5.11 Å². The maximum absolute atomic E-state index is 12.1. The SMILES string of the molecule is C[C@H](C(=O)O)N(C)C(=O)c1csc(-c2cc(Br)cs2)n1. The summed E-state index contributed by atoms with van der Waals surface area (Å²) in [6.07, 6.45) is 0. The normalized spacial score (nSPS) is 12.2. The molecule has 0 radical (unpaired) electrons. The van der Waals surface area contributed by atoms with Crippen LogP contribution in [0.4, 0.5) is 0 Å². The minimum Gasteiger partial charge on any atom is -0.480 e. The van der Waals surface area contributed by atoms with E-state index >= 15 is 0 Å². The first-order valence-electron chi connectivity index (χ1n) is 5.60. The molecule has 0 saturated carbocycles. The van der Waals surface area contributed by atoms with Crippen LogP contribution in [-0.2, 0) is 4.79 Å². The number of aromatic nitrogens is 1. The zero-order chi connectivity index (χ0) is 14.9. The monoisotopic (exact) mass is 374 g/mol. The molecule has 0 bridgehead atoms. The van der Waals surface area contributed by atoms with Crippen LogP contribution in [0.2, 0.25) is 0 Å². The molecule has 0 aromatic carbocycles. The first kappa shape index (κ1) is 15.1. The molecule has 2 aromatic heterocycles. The van der Waals surface area contributed by atoms with Crippen LogP contribution in [0.1, 0.15) is 17.4 Å². The molecular formula is C12H11BrN2O3S2. The summed E-state index contributed by atoms with van der Waals surface area (Å²) in [6.45, 7) is 1.46. The second-order valence-electron chi connectivity index (χ2n) is 4.10. The third-order valence-corrected chi connectivity index (χ3v) is 5.46. The lowest BCUT2D eigenvalue weighted by Crippen LogP contribution is -2.40. The Balaban J connectivity index is 2.20. The molecule has 2 rings (SSSR count). The molecule has 2 aromatic rings. The van der Waals surface area contributed by atoms with Crippen LogP contribution in [0.3, 0.4) is 0 Å². The van der Waals surface area contributed by atoms with E-state index in [1.807, 2.05) is 11.4 Å². The molecule has 0 spiro atoms. The maximum Gasteiger partial charge on any atom is 0.326 e. The minimum atomic E-state index is -1.04. The third-order valence-electron chi connectivity index (χ3n) is 2.76. The van der Waals surface area contributed by atoms with E-state index in [1.54, 1.807) is 5.38 Å². The van der Waals surface area contributed by atoms with Crippen molar-refractivity contribution in [2.75, 3.05) is 7.05 Å². The maximum atomic E-state index is 12.1. The number of carbonyl (C=O) groups excluding carboxylic acids is 1. The van der Waals surface area contributed by atoms with Gasteiger partial charge in [0.25, 0.3) is 5.91 Å². The third kappa shape index (κ3) is 3.08. The number of aliphatic carboxylic acids is 1. The fourth-order valence-corrected chi connectivity index (χ4v) is 3.73. The molecule has 0 aliphatic rings. The van der Waals surface area contributed by atoms with Gasteiger partial charge in [0.15, 0.2) is 0 Å². The average Bonchev–Trinajstić information content (AvgIpc) is 3.04. The van der Waals surface area contributed by atoms with Gasteiger partial charge < -0.3 is 10.0 Å². The Morgan fingerprint density at radius 3 is 2.65 bits per heavy atom. The van der Waals surface area contributed by atoms with Crippen LogP contribution in [0, 0.1) is 0 Å². The van der Waals surface area contributed by atoms with E-state index in [-0.39, 0.29) is 5.69 Å². The van der Waals surface area contributed by atoms with Crippen LogP contribution >= 0.6 is 38.6 Å². The number of amides is 1. The Bertz CT molecular complexity index is 653. The molecule has 1 N–H and O–H groups in total. The molecular weight excluding hydrogens is 364 g/mol. The lowest BCUT2D eigenvalue weighted by Gasteiger charge is -2.20. The Kier molecular flexibility index (Phi) is 4.56. The predicted molar refractivity (Wildman–Crippen MR) is 82.3 cm³/mol. The molecule has 20 heavy (non-hydrogen) atoms. The van der Waals surface area contributed by atoms with Gasteiger partial charge in [-0.2, -0.15) is 0 Å². The standard InChI is InChI=1S/C12H11BrN2O3S2/c1-6(12(17)18)15(2)11(16)8-5-20-10(14-8)9-3-7(13)4-19-9/h3-6H,1-2H3,(H,17,18)/t6-/m1/s1. The van der Waals surface area contributed by atoms with Gasteiger partial charge in [-0.25, -0.2) is 9.78 Å². The van der Waals surface area contributed by atoms with Crippen molar-refractivity contribution in [2.45, 2.75) is 13.0 Å². The van der Waals surface area contributed by atoms with Gasteiger partial charge in [-0.1, -0.05) is 0 Å². The van der Waals surface area contributed by atoms with Crippen molar-refractivity contribution in [2.24, 2.45) is 0 Å². The van der Waals surface area contributed by atoms with Gasteiger partial charge in [-0.05, 0) is 28.9 Å². The van der Waals surface area contributed by atoms with Crippen LogP contribution in [0.25, 0.3) is 9.88 Å². The molecule has 8 heteroatoms. The highest BCUT2D eigenvalue weighted by Crippen LogP contribution is 2.32. The number of thiazole rings is 1. The summed E-state index contributed by atoms with van der Waals surface area (Å²) < 4.78 is 0.970. The number of nitrogens with zero attached hydrogens (tertiary/aromatic N) is 2. The summed E-state index contributed by atoms with van der Waals surface area (Å²) >= 11 is 6.26. The quantitative estimate of drug-likeness (QED) is 0.891. The molecule has 0 unspecified atom stereocenters. The molecule has 0 aliphatic carbocycles. The van der Waals surface area contributed by atoms with Crippen molar-refractivity contribution in [1.29, 1.82) is 0 Å². The molecule has 2 heterocycles. The summed E-state index contributed by atoms with van der Waals surface area (Å²) in [4.78, 5) is 29.5. The first-order chi connectivity index (χ1) is 9.40. The number of thiophene rings is 1. The average molecular weight is 375 g/mol. The zero-order valence-electron chi connectivity index (χ0n) is 10.7. The second kappa shape index (κ2) is 6.02. The van der Waals surface area contributed by atoms with Crippen LogP contribution in [0.5, 0.6) is 0 Å². The number of carboxylic acid groups (broad SMARTS) is 1. The molecule has 106 valence electrons. The Morgan fingerprint density at radius 1 is 1.40 bits per heavy atom. The zero-order valence-corrected chi connectivity index (χ0v) is 13.9. The smallest absolute Gasteiger partial charge is 0.326 e. The van der Waals surface area contributed by atoms with E-state index in [0.29, 0.717) is 0 Å². The molecule has 0 fully saturated rings. The van der Waals surface area contributed by atoms with Crippen molar-refractivity contribution in [3.8, 4) is 9.88 Å². The van der Waals surface area contributed by atoms with Crippen LogP contribution in [0.15, 0.2) is 21.3 Å². The van der Waals surface area contributed by atoms with Gasteiger partial charge in [0.1, 0.15) is 16.7 Å². The number of hydrogen-bond acceptors (Lipinski definition) is 5. The van der Waals surface area contributed by atoms with Crippen LogP contribution < -0.4 is 0 Å². The highest BCUT2D eigenvalue weighted by atomic mass is 79.9. The van der Waals surface area contributed by atoms with Crippen molar-refractivity contribution in [1.82, 2.24) is 9.88 Å². The number of likely N-dealkylation sites (N-methyl/N-ethyl adjacent to an activating group) is 1. The summed E-state index contributed by atoms with van der Waals surface area (Å²) in [5.41, 5.74) is 0.269. The van der Waals surface area contributed by atoms with Gasteiger partial charge in [-0.15, -0.1) is 22.7 Å². The van der Waals surface area contributed by atoms with E-state index in [9.17, 15) is 9.59 Å². The Morgan fingerprint density at radius 2 is 2.10 bits per heavy atom. The van der Waals surface area contributed by atoms with Crippen molar-refractivity contribution < 1.29 is 14.7 Å². The molecule has 0 saturated heterocycles. The molecule has 5 nitrogen and oxygen atoms in total. The van der Waals surface area contributed by atoms with Crippen molar-refractivity contribution in [3.05, 3.63) is 27.0 Å².